The van der Waals surface area contributed by atoms with Gasteiger partial charge in [0.05, 0.1) is 0 Å². The molecule has 3 aromatic rings. The highest BCUT2D eigenvalue weighted by Crippen LogP contribution is 2.36. The first-order chi connectivity index (χ1) is 13.8. The van der Waals surface area contributed by atoms with Gasteiger partial charge in [0.15, 0.2) is 0 Å². The fourth-order valence-corrected chi connectivity index (χ4v) is 4.83. The maximum absolute atomic E-state index is 5.12. The average Bonchev–Trinajstić information content (AvgIpc) is 3.07. The van der Waals surface area contributed by atoms with Crippen LogP contribution in [0.15, 0.2) is 60.7 Å². The van der Waals surface area contributed by atoms with Gasteiger partial charge in [0.2, 0.25) is 0 Å². The SMILES string of the molecule is CCCC1CCC(Cn2nc(-c3ccccc3)c(-c3ccccc3)c2C)CC1. The van der Waals surface area contributed by atoms with Crippen LogP contribution in [-0.2, 0) is 6.54 Å². The number of hydrogen-bond donors (Lipinski definition) is 0. The summed E-state index contributed by atoms with van der Waals surface area (Å²) in [4.78, 5) is 0. The fraction of sp³-hybridized carbons (Fsp3) is 0.423. The Kier molecular flexibility index (Phi) is 5.95. The van der Waals surface area contributed by atoms with Crippen LogP contribution in [0.2, 0.25) is 0 Å². The minimum Gasteiger partial charge on any atom is -0.268 e. The van der Waals surface area contributed by atoms with Crippen LogP contribution in [0.4, 0.5) is 0 Å². The normalized spacial score (nSPS) is 19.6. The summed E-state index contributed by atoms with van der Waals surface area (Å²) in [5.74, 6) is 1.72. The van der Waals surface area contributed by atoms with E-state index in [2.05, 4.69) is 79.2 Å². The van der Waals surface area contributed by atoms with Crippen molar-refractivity contribution >= 4 is 0 Å². The molecule has 2 heteroatoms. The van der Waals surface area contributed by atoms with Gasteiger partial charge < -0.3 is 0 Å². The lowest BCUT2D eigenvalue weighted by Gasteiger charge is -2.28. The molecule has 1 fully saturated rings. The molecule has 0 aliphatic heterocycles. The van der Waals surface area contributed by atoms with Crippen molar-refractivity contribution in [1.82, 2.24) is 9.78 Å². The second-order valence-electron chi connectivity index (χ2n) is 8.40. The molecule has 0 N–H and O–H groups in total. The van der Waals surface area contributed by atoms with Crippen molar-refractivity contribution in [3.63, 3.8) is 0 Å². The average molecular weight is 373 g/mol. The Labute approximate surface area is 169 Å². The third-order valence-electron chi connectivity index (χ3n) is 6.41. The molecule has 0 amide bonds. The van der Waals surface area contributed by atoms with Crippen molar-refractivity contribution in [3.8, 4) is 22.4 Å². The highest BCUT2D eigenvalue weighted by atomic mass is 15.3. The van der Waals surface area contributed by atoms with Crippen LogP contribution in [0.3, 0.4) is 0 Å². The molecule has 0 atom stereocenters. The van der Waals surface area contributed by atoms with E-state index in [1.807, 2.05) is 0 Å². The Hall–Kier alpha value is -2.35. The van der Waals surface area contributed by atoms with Gasteiger partial charge >= 0.3 is 0 Å². The summed E-state index contributed by atoms with van der Waals surface area (Å²) in [5, 5.41) is 5.12. The van der Waals surface area contributed by atoms with E-state index in [-0.39, 0.29) is 0 Å². The minimum absolute atomic E-state index is 0.763. The largest absolute Gasteiger partial charge is 0.268 e. The molecular weight excluding hydrogens is 340 g/mol. The first kappa shape index (κ1) is 19.0. The molecular formula is C26H32N2. The number of rotatable bonds is 6. The van der Waals surface area contributed by atoms with E-state index in [1.165, 1.54) is 60.9 Å². The second kappa shape index (κ2) is 8.77. The third kappa shape index (κ3) is 4.06. The second-order valence-corrected chi connectivity index (χ2v) is 8.40. The molecule has 4 rings (SSSR count). The van der Waals surface area contributed by atoms with Gasteiger partial charge in [-0.3, -0.25) is 4.68 Å². The van der Waals surface area contributed by atoms with Crippen molar-refractivity contribution in [2.45, 2.75) is 58.9 Å². The highest BCUT2D eigenvalue weighted by molar-refractivity contribution is 5.82. The monoisotopic (exact) mass is 372 g/mol. The molecule has 0 spiro atoms. The van der Waals surface area contributed by atoms with Crippen LogP contribution in [-0.4, -0.2) is 9.78 Å². The first-order valence-electron chi connectivity index (χ1n) is 10.9. The highest BCUT2D eigenvalue weighted by Gasteiger charge is 2.24. The number of hydrogen-bond acceptors (Lipinski definition) is 1. The standard InChI is InChI=1S/C26H32N2/c1-3-10-21-15-17-22(18-16-21)19-28-20(2)25(23-11-6-4-7-12-23)26(27-28)24-13-8-5-9-14-24/h4-9,11-14,21-22H,3,10,15-19H2,1-2H3. The van der Waals surface area contributed by atoms with Gasteiger partial charge in [0.25, 0.3) is 0 Å². The zero-order chi connectivity index (χ0) is 19.3. The Balaban J connectivity index is 1.63. The Bertz CT molecular complexity index is 872. The van der Waals surface area contributed by atoms with E-state index in [0.717, 1.165) is 24.1 Å². The predicted octanol–water partition coefficient (Wildman–Crippen LogP) is 7.13. The predicted molar refractivity (Wildman–Crippen MR) is 118 cm³/mol. The summed E-state index contributed by atoms with van der Waals surface area (Å²) in [7, 11) is 0. The molecule has 1 aromatic heterocycles. The van der Waals surface area contributed by atoms with Crippen molar-refractivity contribution in [2.24, 2.45) is 11.8 Å². The maximum Gasteiger partial charge on any atom is 0.100 e. The van der Waals surface area contributed by atoms with E-state index in [1.54, 1.807) is 0 Å². The first-order valence-corrected chi connectivity index (χ1v) is 10.9. The van der Waals surface area contributed by atoms with E-state index in [4.69, 9.17) is 5.10 Å². The Morgan fingerprint density at radius 3 is 2.00 bits per heavy atom. The summed E-state index contributed by atoms with van der Waals surface area (Å²) in [5.41, 5.74) is 6.16. The molecule has 2 nitrogen and oxygen atoms in total. The Morgan fingerprint density at radius 2 is 1.39 bits per heavy atom. The minimum atomic E-state index is 0.763. The quantitative estimate of drug-likeness (QED) is 0.450. The molecule has 0 saturated heterocycles. The van der Waals surface area contributed by atoms with E-state index in [9.17, 15) is 0 Å². The van der Waals surface area contributed by atoms with Crippen LogP contribution in [0.25, 0.3) is 22.4 Å². The van der Waals surface area contributed by atoms with Gasteiger partial charge in [-0.1, -0.05) is 93.3 Å². The molecule has 0 unspecified atom stereocenters. The van der Waals surface area contributed by atoms with Crippen LogP contribution in [0.1, 0.15) is 51.1 Å². The van der Waals surface area contributed by atoms with Crippen molar-refractivity contribution in [1.29, 1.82) is 0 Å². The van der Waals surface area contributed by atoms with E-state index >= 15 is 0 Å². The van der Waals surface area contributed by atoms with Gasteiger partial charge in [-0.05, 0) is 37.2 Å². The van der Waals surface area contributed by atoms with E-state index in [0.29, 0.717) is 0 Å². The zero-order valence-electron chi connectivity index (χ0n) is 17.3. The summed E-state index contributed by atoms with van der Waals surface area (Å²) >= 11 is 0. The zero-order valence-corrected chi connectivity index (χ0v) is 17.3. The molecule has 0 bridgehead atoms. The molecule has 1 aliphatic carbocycles. The number of benzene rings is 2. The van der Waals surface area contributed by atoms with E-state index < -0.39 is 0 Å². The molecule has 1 heterocycles. The van der Waals surface area contributed by atoms with Crippen LogP contribution in [0.5, 0.6) is 0 Å². The molecule has 1 aliphatic rings. The third-order valence-corrected chi connectivity index (χ3v) is 6.41. The molecule has 2 aromatic carbocycles. The fourth-order valence-electron chi connectivity index (χ4n) is 4.83. The molecule has 1 saturated carbocycles. The van der Waals surface area contributed by atoms with Crippen LogP contribution >= 0.6 is 0 Å². The van der Waals surface area contributed by atoms with Gasteiger partial charge in [-0.25, -0.2) is 0 Å². The molecule has 28 heavy (non-hydrogen) atoms. The molecule has 146 valence electrons. The lowest BCUT2D eigenvalue weighted by atomic mass is 9.80. The van der Waals surface area contributed by atoms with Gasteiger partial charge in [-0.15, -0.1) is 0 Å². The number of nitrogens with zero attached hydrogens (tertiary/aromatic N) is 2. The van der Waals surface area contributed by atoms with Gasteiger partial charge in [-0.2, -0.15) is 5.10 Å². The van der Waals surface area contributed by atoms with Crippen molar-refractivity contribution in [2.75, 3.05) is 0 Å². The number of aromatic nitrogens is 2. The van der Waals surface area contributed by atoms with Crippen LogP contribution in [0, 0.1) is 18.8 Å². The summed E-state index contributed by atoms with van der Waals surface area (Å²) in [6.45, 7) is 5.61. The van der Waals surface area contributed by atoms with Crippen molar-refractivity contribution < 1.29 is 0 Å². The lowest BCUT2D eigenvalue weighted by Crippen LogP contribution is -2.20. The van der Waals surface area contributed by atoms with Crippen molar-refractivity contribution in [3.05, 3.63) is 66.4 Å². The summed E-state index contributed by atoms with van der Waals surface area (Å²) < 4.78 is 2.29. The Morgan fingerprint density at radius 1 is 0.821 bits per heavy atom. The summed E-state index contributed by atoms with van der Waals surface area (Å²) in [6, 6.07) is 21.4. The smallest absolute Gasteiger partial charge is 0.100 e. The van der Waals surface area contributed by atoms with Crippen LogP contribution < -0.4 is 0 Å². The van der Waals surface area contributed by atoms with Gasteiger partial charge in [0.1, 0.15) is 5.69 Å². The van der Waals surface area contributed by atoms with Gasteiger partial charge in [0, 0.05) is 23.4 Å². The summed E-state index contributed by atoms with van der Waals surface area (Å²) in [6.07, 6.45) is 8.24. The maximum atomic E-state index is 5.12. The lowest BCUT2D eigenvalue weighted by molar-refractivity contribution is 0.235. The molecule has 0 radical (unpaired) electrons. The topological polar surface area (TPSA) is 17.8 Å².